The molecule has 0 spiro atoms. The van der Waals surface area contributed by atoms with Gasteiger partial charge in [-0.1, -0.05) is 97.1 Å². The van der Waals surface area contributed by atoms with Gasteiger partial charge in [-0.25, -0.2) is 19.9 Å². The van der Waals surface area contributed by atoms with Crippen molar-refractivity contribution in [2.24, 2.45) is 0 Å². The fourth-order valence-corrected chi connectivity index (χ4v) is 8.58. The van der Waals surface area contributed by atoms with E-state index in [1.165, 1.54) is 21.5 Å². The Kier molecular flexibility index (Phi) is 6.47. The SMILES string of the molecule is c1ccc2c(c1)c1ccccc1n2-c1cnc(-c2ccnc3c2ccc2ccc4c(-c5ncc(-n6c7ccccc7c7ccccc76)cn5)ccnc4c23)nc1. The standard InChI is InChI=1S/C48H28N8/c1-5-13-40-32(9-1)33-10-2-6-14-41(33)55(40)30-25-51-47(52-26-30)38-21-23-49-45-36(38)19-17-29-18-20-37-39(22-24-50-46(37)44(29)45)48-53-27-31(28-54-48)56-42-15-7-3-11-34(42)35-12-4-8-16-43(35)56/h1-28H. The van der Waals surface area contributed by atoms with Crippen LogP contribution in [0.15, 0.2) is 171 Å². The molecule has 0 fully saturated rings. The van der Waals surface area contributed by atoms with E-state index in [4.69, 9.17) is 29.9 Å². The molecule has 6 aromatic carbocycles. The first kappa shape index (κ1) is 30.6. The maximum Gasteiger partial charge on any atom is 0.159 e. The van der Waals surface area contributed by atoms with E-state index in [0.29, 0.717) is 11.6 Å². The minimum absolute atomic E-state index is 0.631. The summed E-state index contributed by atoms with van der Waals surface area (Å²) in [5, 5.41) is 8.72. The van der Waals surface area contributed by atoms with Gasteiger partial charge in [0.2, 0.25) is 0 Å². The highest BCUT2D eigenvalue weighted by Gasteiger charge is 2.18. The molecule has 0 radical (unpaired) electrons. The molecule has 0 saturated heterocycles. The molecule has 0 saturated carbocycles. The number of hydrogen-bond donors (Lipinski definition) is 0. The van der Waals surface area contributed by atoms with Crippen LogP contribution in [0.1, 0.15) is 0 Å². The predicted molar refractivity (Wildman–Crippen MR) is 225 cm³/mol. The van der Waals surface area contributed by atoms with Crippen molar-refractivity contribution in [1.29, 1.82) is 0 Å². The van der Waals surface area contributed by atoms with Crippen LogP contribution in [0.25, 0.3) is 110 Å². The molecule has 0 aliphatic rings. The average molecular weight is 717 g/mol. The van der Waals surface area contributed by atoms with Gasteiger partial charge in [0.05, 0.1) is 69.3 Å². The Morgan fingerprint density at radius 3 is 1.05 bits per heavy atom. The highest BCUT2D eigenvalue weighted by atomic mass is 15.0. The number of benzene rings is 6. The highest BCUT2D eigenvalue weighted by Crippen LogP contribution is 2.38. The molecule has 0 bridgehead atoms. The molecule has 6 heterocycles. The molecule has 0 amide bonds. The Morgan fingerprint density at radius 1 is 0.321 bits per heavy atom. The first-order chi connectivity index (χ1) is 27.8. The largest absolute Gasteiger partial charge is 0.306 e. The maximum absolute atomic E-state index is 4.93. The van der Waals surface area contributed by atoms with Crippen LogP contribution in [0, 0.1) is 0 Å². The smallest absolute Gasteiger partial charge is 0.159 e. The number of pyridine rings is 2. The summed E-state index contributed by atoms with van der Waals surface area (Å²) in [4.78, 5) is 29.6. The summed E-state index contributed by atoms with van der Waals surface area (Å²) in [7, 11) is 0. The van der Waals surface area contributed by atoms with E-state index in [-0.39, 0.29) is 0 Å². The van der Waals surface area contributed by atoms with Gasteiger partial charge in [0.1, 0.15) is 0 Å². The zero-order chi connectivity index (χ0) is 36.7. The minimum Gasteiger partial charge on any atom is -0.306 e. The Bertz CT molecular complexity index is 3190. The second kappa shape index (κ2) is 11.8. The first-order valence-electron chi connectivity index (χ1n) is 18.5. The second-order valence-electron chi connectivity index (χ2n) is 14.0. The van der Waals surface area contributed by atoms with Crippen LogP contribution in [0.4, 0.5) is 0 Å². The molecule has 0 aliphatic heterocycles. The Hall–Kier alpha value is -7.84. The topological polar surface area (TPSA) is 87.2 Å². The van der Waals surface area contributed by atoms with Crippen LogP contribution in [-0.4, -0.2) is 39.0 Å². The van der Waals surface area contributed by atoms with Crippen molar-refractivity contribution in [2.45, 2.75) is 0 Å². The summed E-state index contributed by atoms with van der Waals surface area (Å²) in [6.45, 7) is 0. The molecule has 0 unspecified atom stereocenters. The lowest BCUT2D eigenvalue weighted by atomic mass is 9.98. The van der Waals surface area contributed by atoms with Crippen molar-refractivity contribution in [2.75, 3.05) is 0 Å². The Balaban J connectivity index is 0.964. The zero-order valence-electron chi connectivity index (χ0n) is 29.7. The van der Waals surface area contributed by atoms with Crippen LogP contribution in [0.5, 0.6) is 0 Å². The van der Waals surface area contributed by atoms with E-state index in [1.54, 1.807) is 0 Å². The number of hydrogen-bond acceptors (Lipinski definition) is 6. The lowest BCUT2D eigenvalue weighted by molar-refractivity contribution is 1.08. The van der Waals surface area contributed by atoms with Gasteiger partial charge in [-0.2, -0.15) is 0 Å². The molecule has 12 aromatic rings. The lowest BCUT2D eigenvalue weighted by Gasteiger charge is -2.12. The van der Waals surface area contributed by atoms with E-state index in [9.17, 15) is 0 Å². The molecule has 0 N–H and O–H groups in total. The van der Waals surface area contributed by atoms with Gasteiger partial charge in [-0.15, -0.1) is 0 Å². The molecule has 56 heavy (non-hydrogen) atoms. The van der Waals surface area contributed by atoms with E-state index >= 15 is 0 Å². The fourth-order valence-electron chi connectivity index (χ4n) is 8.58. The van der Waals surface area contributed by atoms with Gasteiger partial charge >= 0.3 is 0 Å². The molecule has 8 heteroatoms. The maximum atomic E-state index is 4.93. The first-order valence-corrected chi connectivity index (χ1v) is 18.5. The summed E-state index contributed by atoms with van der Waals surface area (Å²) in [5.41, 5.74) is 9.78. The highest BCUT2D eigenvalue weighted by molar-refractivity contribution is 6.21. The number of aromatic nitrogens is 8. The number of rotatable bonds is 4. The molecule has 0 aliphatic carbocycles. The van der Waals surface area contributed by atoms with Gasteiger partial charge in [0, 0.05) is 61.2 Å². The fraction of sp³-hybridized carbons (Fsp3) is 0. The molecule has 8 nitrogen and oxygen atoms in total. The van der Waals surface area contributed by atoms with Gasteiger partial charge in [-0.05, 0) is 41.8 Å². The Morgan fingerprint density at radius 2 is 0.679 bits per heavy atom. The molecular weight excluding hydrogens is 689 g/mol. The zero-order valence-corrected chi connectivity index (χ0v) is 29.7. The normalized spacial score (nSPS) is 11.9. The molecule has 6 aromatic heterocycles. The Labute approximate surface area is 319 Å². The third-order valence-electron chi connectivity index (χ3n) is 11.0. The molecule has 0 atom stereocenters. The summed E-state index contributed by atoms with van der Waals surface area (Å²) in [6.07, 6.45) is 11.3. The van der Waals surface area contributed by atoms with E-state index in [2.05, 4.69) is 130 Å². The van der Waals surface area contributed by atoms with Crippen LogP contribution in [0.2, 0.25) is 0 Å². The van der Waals surface area contributed by atoms with Gasteiger partial charge in [0.25, 0.3) is 0 Å². The van der Waals surface area contributed by atoms with Crippen molar-refractivity contribution in [3.05, 3.63) is 171 Å². The monoisotopic (exact) mass is 716 g/mol. The van der Waals surface area contributed by atoms with E-state index in [0.717, 1.165) is 77.1 Å². The van der Waals surface area contributed by atoms with Crippen molar-refractivity contribution < 1.29 is 0 Å². The third-order valence-corrected chi connectivity index (χ3v) is 11.0. The van der Waals surface area contributed by atoms with E-state index < -0.39 is 0 Å². The van der Waals surface area contributed by atoms with Gasteiger partial charge in [0.15, 0.2) is 11.6 Å². The van der Waals surface area contributed by atoms with Crippen molar-refractivity contribution >= 4 is 76.2 Å². The van der Waals surface area contributed by atoms with Crippen molar-refractivity contribution in [3.63, 3.8) is 0 Å². The summed E-state index contributed by atoms with van der Waals surface area (Å²) in [6, 6.07) is 46.2. The van der Waals surface area contributed by atoms with Crippen LogP contribution in [-0.2, 0) is 0 Å². The molecule has 12 rings (SSSR count). The average Bonchev–Trinajstić information content (AvgIpc) is 3.79. The van der Waals surface area contributed by atoms with Crippen LogP contribution >= 0.6 is 0 Å². The summed E-state index contributed by atoms with van der Waals surface area (Å²) in [5.74, 6) is 1.26. The number of fused-ring (bicyclic) bond motifs is 11. The van der Waals surface area contributed by atoms with Gasteiger partial charge in [-0.3, -0.25) is 9.97 Å². The van der Waals surface area contributed by atoms with Crippen LogP contribution in [0.3, 0.4) is 0 Å². The van der Waals surface area contributed by atoms with Crippen molar-refractivity contribution in [1.82, 2.24) is 39.0 Å². The number of nitrogens with zero attached hydrogens (tertiary/aromatic N) is 8. The summed E-state index contributed by atoms with van der Waals surface area (Å²) < 4.78 is 4.45. The third kappa shape index (κ3) is 4.41. The van der Waals surface area contributed by atoms with Crippen molar-refractivity contribution in [3.8, 4) is 34.2 Å². The second-order valence-corrected chi connectivity index (χ2v) is 14.0. The molecule has 260 valence electrons. The molecular formula is C48H28N8. The van der Waals surface area contributed by atoms with E-state index in [1.807, 2.05) is 49.3 Å². The van der Waals surface area contributed by atoms with Gasteiger partial charge < -0.3 is 9.13 Å². The lowest BCUT2D eigenvalue weighted by Crippen LogP contribution is -1.99. The predicted octanol–water partition coefficient (Wildman–Crippen LogP) is 11.0. The van der Waals surface area contributed by atoms with Crippen LogP contribution < -0.4 is 0 Å². The minimum atomic E-state index is 0.631. The number of para-hydroxylation sites is 4. The summed E-state index contributed by atoms with van der Waals surface area (Å²) >= 11 is 0. The quantitative estimate of drug-likeness (QED) is 0.169.